The summed E-state index contributed by atoms with van der Waals surface area (Å²) in [5.74, 6) is -0.131. The molecular weight excluding hydrogens is 254 g/mol. The summed E-state index contributed by atoms with van der Waals surface area (Å²) < 4.78 is 0. The Morgan fingerprint density at radius 1 is 1.20 bits per heavy atom. The van der Waals surface area contributed by atoms with Crippen LogP contribution in [-0.2, 0) is 4.79 Å². The Labute approximate surface area is 119 Å². The van der Waals surface area contributed by atoms with E-state index in [1.54, 1.807) is 12.1 Å². The van der Waals surface area contributed by atoms with Crippen molar-refractivity contribution in [1.29, 1.82) is 0 Å². The van der Waals surface area contributed by atoms with Crippen LogP contribution in [0.5, 0.6) is 0 Å². The van der Waals surface area contributed by atoms with Crippen molar-refractivity contribution in [3.63, 3.8) is 0 Å². The van der Waals surface area contributed by atoms with E-state index in [1.807, 2.05) is 19.1 Å². The van der Waals surface area contributed by atoms with Gasteiger partial charge in [0.05, 0.1) is 6.61 Å². The fraction of sp³-hybridized carbons (Fsp3) is 0.500. The van der Waals surface area contributed by atoms with Gasteiger partial charge in [-0.05, 0) is 19.8 Å². The Kier molecular flexibility index (Phi) is 4.55. The number of hydrogen-bond donors (Lipinski definition) is 2. The van der Waals surface area contributed by atoms with E-state index in [0.717, 1.165) is 18.4 Å². The zero-order chi connectivity index (χ0) is 14.6. The second-order valence-corrected chi connectivity index (χ2v) is 5.72. The van der Waals surface area contributed by atoms with Crippen molar-refractivity contribution in [2.75, 3.05) is 13.2 Å². The molecule has 1 fully saturated rings. The third-order valence-electron chi connectivity index (χ3n) is 3.91. The molecule has 1 aliphatic rings. The van der Waals surface area contributed by atoms with Gasteiger partial charge < -0.3 is 10.4 Å². The summed E-state index contributed by atoms with van der Waals surface area (Å²) in [5.41, 5.74) is 1.67. The topological polar surface area (TPSA) is 66.4 Å². The zero-order valence-corrected chi connectivity index (χ0v) is 11.8. The minimum atomic E-state index is -0.120. The maximum absolute atomic E-state index is 11.9. The van der Waals surface area contributed by atoms with Gasteiger partial charge in [0.25, 0.3) is 0 Å². The number of carbonyl (C=O) groups excluding carboxylic acids is 2. The van der Waals surface area contributed by atoms with Gasteiger partial charge in [0.15, 0.2) is 5.78 Å². The Hall–Kier alpha value is -1.68. The van der Waals surface area contributed by atoms with Crippen LogP contribution < -0.4 is 5.32 Å². The van der Waals surface area contributed by atoms with Crippen LogP contribution in [0.15, 0.2) is 24.3 Å². The van der Waals surface area contributed by atoms with Gasteiger partial charge in [0, 0.05) is 30.4 Å². The number of hydrogen-bond acceptors (Lipinski definition) is 3. The number of amides is 1. The van der Waals surface area contributed by atoms with Crippen molar-refractivity contribution < 1.29 is 14.7 Å². The molecule has 0 aliphatic heterocycles. The number of carbonyl (C=O) groups is 2. The van der Waals surface area contributed by atoms with E-state index < -0.39 is 0 Å². The molecule has 0 aromatic heterocycles. The molecule has 0 saturated heterocycles. The smallest absolute Gasteiger partial charge is 0.220 e. The first kappa shape index (κ1) is 14.7. The molecule has 0 spiro atoms. The molecule has 4 nitrogen and oxygen atoms in total. The normalized spacial score (nSPS) is 15.7. The SMILES string of the molecule is Cc1ccc(C(=O)CCC(=O)NCC2(CO)CC2)cc1. The summed E-state index contributed by atoms with van der Waals surface area (Å²) in [6.45, 7) is 2.60. The molecule has 1 aromatic rings. The van der Waals surface area contributed by atoms with Gasteiger partial charge in [0.1, 0.15) is 0 Å². The monoisotopic (exact) mass is 275 g/mol. The molecule has 4 heteroatoms. The predicted molar refractivity (Wildman–Crippen MR) is 76.5 cm³/mol. The quantitative estimate of drug-likeness (QED) is 0.746. The van der Waals surface area contributed by atoms with Gasteiger partial charge in [-0.15, -0.1) is 0 Å². The van der Waals surface area contributed by atoms with Gasteiger partial charge in [-0.25, -0.2) is 0 Å². The van der Waals surface area contributed by atoms with E-state index in [0.29, 0.717) is 12.1 Å². The molecule has 1 aromatic carbocycles. The third kappa shape index (κ3) is 3.90. The van der Waals surface area contributed by atoms with Crippen molar-refractivity contribution in [2.24, 2.45) is 5.41 Å². The van der Waals surface area contributed by atoms with Crippen LogP contribution in [-0.4, -0.2) is 29.9 Å². The molecule has 1 saturated carbocycles. The van der Waals surface area contributed by atoms with Crippen molar-refractivity contribution >= 4 is 11.7 Å². The molecule has 0 heterocycles. The van der Waals surface area contributed by atoms with E-state index in [4.69, 9.17) is 5.11 Å². The van der Waals surface area contributed by atoms with Crippen LogP contribution in [0.1, 0.15) is 41.6 Å². The number of rotatable bonds is 7. The van der Waals surface area contributed by atoms with E-state index in [1.165, 1.54) is 0 Å². The first-order chi connectivity index (χ1) is 9.54. The first-order valence-corrected chi connectivity index (χ1v) is 7.02. The number of aliphatic hydroxyl groups is 1. The summed E-state index contributed by atoms with van der Waals surface area (Å²) in [6.07, 6.45) is 2.35. The lowest BCUT2D eigenvalue weighted by Gasteiger charge is -2.12. The van der Waals surface area contributed by atoms with Crippen LogP contribution >= 0.6 is 0 Å². The molecule has 0 atom stereocenters. The summed E-state index contributed by atoms with van der Waals surface area (Å²) >= 11 is 0. The summed E-state index contributed by atoms with van der Waals surface area (Å²) in [5, 5.41) is 12.0. The van der Waals surface area contributed by atoms with Crippen LogP contribution in [0.4, 0.5) is 0 Å². The van der Waals surface area contributed by atoms with E-state index >= 15 is 0 Å². The van der Waals surface area contributed by atoms with E-state index in [2.05, 4.69) is 5.32 Å². The maximum Gasteiger partial charge on any atom is 0.220 e. The Morgan fingerprint density at radius 2 is 1.85 bits per heavy atom. The maximum atomic E-state index is 11.9. The highest BCUT2D eigenvalue weighted by Crippen LogP contribution is 2.44. The standard InChI is InChI=1S/C16H21NO3/c1-12-2-4-13(5-3-12)14(19)6-7-15(20)17-10-16(11-18)8-9-16/h2-5,18H,6-11H2,1H3,(H,17,20). The highest BCUT2D eigenvalue weighted by atomic mass is 16.3. The largest absolute Gasteiger partial charge is 0.396 e. The number of benzene rings is 1. The molecule has 20 heavy (non-hydrogen) atoms. The number of aliphatic hydroxyl groups excluding tert-OH is 1. The second-order valence-electron chi connectivity index (χ2n) is 5.72. The third-order valence-corrected chi connectivity index (χ3v) is 3.91. The highest BCUT2D eigenvalue weighted by molar-refractivity contribution is 5.97. The van der Waals surface area contributed by atoms with Crippen LogP contribution in [0.2, 0.25) is 0 Å². The van der Waals surface area contributed by atoms with Gasteiger partial charge in [-0.3, -0.25) is 9.59 Å². The number of nitrogens with one attached hydrogen (secondary N) is 1. The van der Waals surface area contributed by atoms with Crippen LogP contribution in [0, 0.1) is 12.3 Å². The molecule has 0 bridgehead atoms. The Balaban J connectivity index is 1.73. The van der Waals surface area contributed by atoms with Crippen molar-refractivity contribution in [3.05, 3.63) is 35.4 Å². The van der Waals surface area contributed by atoms with Gasteiger partial charge in [-0.1, -0.05) is 29.8 Å². The van der Waals surface area contributed by atoms with Gasteiger partial charge >= 0.3 is 0 Å². The van der Waals surface area contributed by atoms with Gasteiger partial charge in [-0.2, -0.15) is 0 Å². The predicted octanol–water partition coefficient (Wildman–Crippen LogP) is 1.85. The van der Waals surface area contributed by atoms with E-state index in [-0.39, 0.29) is 36.6 Å². The summed E-state index contributed by atoms with van der Waals surface area (Å²) in [4.78, 5) is 23.6. The second kappa shape index (κ2) is 6.18. The first-order valence-electron chi connectivity index (χ1n) is 7.02. The van der Waals surface area contributed by atoms with Crippen molar-refractivity contribution in [3.8, 4) is 0 Å². The zero-order valence-electron chi connectivity index (χ0n) is 11.8. The minimum Gasteiger partial charge on any atom is -0.396 e. The Bertz CT molecular complexity index is 489. The Morgan fingerprint density at radius 3 is 2.40 bits per heavy atom. The molecule has 1 aliphatic carbocycles. The van der Waals surface area contributed by atoms with E-state index in [9.17, 15) is 9.59 Å². The molecule has 0 unspecified atom stereocenters. The lowest BCUT2D eigenvalue weighted by molar-refractivity contribution is -0.121. The average Bonchev–Trinajstić information content (AvgIpc) is 3.24. The lowest BCUT2D eigenvalue weighted by atomic mass is 10.0. The van der Waals surface area contributed by atoms with Crippen LogP contribution in [0.25, 0.3) is 0 Å². The lowest BCUT2D eigenvalue weighted by Crippen LogP contribution is -2.32. The fourth-order valence-corrected chi connectivity index (χ4v) is 2.05. The molecule has 1 amide bonds. The van der Waals surface area contributed by atoms with Crippen LogP contribution in [0.3, 0.4) is 0 Å². The number of aryl methyl sites for hydroxylation is 1. The van der Waals surface area contributed by atoms with Crippen molar-refractivity contribution in [1.82, 2.24) is 5.32 Å². The number of ketones is 1. The summed E-state index contributed by atoms with van der Waals surface area (Å²) in [7, 11) is 0. The molecular formula is C16H21NO3. The summed E-state index contributed by atoms with van der Waals surface area (Å²) in [6, 6.07) is 7.37. The molecule has 2 rings (SSSR count). The van der Waals surface area contributed by atoms with Gasteiger partial charge in [0.2, 0.25) is 5.91 Å². The number of Topliss-reactive ketones (excluding diaryl/α,β-unsaturated/α-hetero) is 1. The highest BCUT2D eigenvalue weighted by Gasteiger charge is 2.41. The average molecular weight is 275 g/mol. The van der Waals surface area contributed by atoms with Crippen molar-refractivity contribution in [2.45, 2.75) is 32.6 Å². The molecule has 108 valence electrons. The minimum absolute atomic E-state index is 0.0107. The molecule has 0 radical (unpaired) electrons. The molecule has 2 N–H and O–H groups in total. The fourth-order valence-electron chi connectivity index (χ4n) is 2.05.